The molecule has 0 saturated carbocycles. The number of nitrogens with zero attached hydrogens (tertiary/aromatic N) is 3. The van der Waals surface area contributed by atoms with E-state index in [1.54, 1.807) is 6.07 Å². The standard InChI is InChI=1S/C21H20Cl2N4O.2ClH/c1-27(2)9-5-8-24-20-15-11-14(22)12-16(23)19(15)25-21(26-20)18-10-13-6-3-4-7-17(13)28-18;;/h3-4,6-7,10-12H,5,8-9H2,1-2H3,(H,24,25,26);2*1H. The van der Waals surface area contributed by atoms with Gasteiger partial charge in [0.05, 0.1) is 10.5 Å². The third-order valence-corrected chi connectivity index (χ3v) is 4.95. The van der Waals surface area contributed by atoms with Crippen LogP contribution in [-0.2, 0) is 0 Å². The minimum Gasteiger partial charge on any atom is -0.453 e. The van der Waals surface area contributed by atoms with Gasteiger partial charge in [-0.3, -0.25) is 0 Å². The molecule has 4 aromatic rings. The first-order valence-corrected chi connectivity index (χ1v) is 9.81. The van der Waals surface area contributed by atoms with Crippen LogP contribution in [0, 0.1) is 0 Å². The van der Waals surface area contributed by atoms with Crippen molar-refractivity contribution in [3.63, 3.8) is 0 Å². The second-order valence-corrected chi connectivity index (χ2v) is 7.76. The second kappa shape index (κ2) is 10.5. The number of fused-ring (bicyclic) bond motifs is 2. The highest BCUT2D eigenvalue weighted by Gasteiger charge is 2.16. The highest BCUT2D eigenvalue weighted by atomic mass is 35.5. The Morgan fingerprint density at radius 2 is 1.80 bits per heavy atom. The highest BCUT2D eigenvalue weighted by molar-refractivity contribution is 6.38. The first-order valence-electron chi connectivity index (χ1n) is 9.05. The Kier molecular flexibility index (Phi) is 8.59. The van der Waals surface area contributed by atoms with Gasteiger partial charge in [-0.15, -0.1) is 24.8 Å². The van der Waals surface area contributed by atoms with Crippen LogP contribution in [0.1, 0.15) is 6.42 Å². The van der Waals surface area contributed by atoms with Gasteiger partial charge in [-0.05, 0) is 51.3 Å². The average Bonchev–Trinajstić information content (AvgIpc) is 3.09. The molecule has 160 valence electrons. The van der Waals surface area contributed by atoms with Gasteiger partial charge in [-0.25, -0.2) is 9.97 Å². The summed E-state index contributed by atoms with van der Waals surface area (Å²) in [4.78, 5) is 11.5. The molecule has 2 aromatic carbocycles. The molecule has 0 saturated heterocycles. The number of para-hydroxylation sites is 1. The van der Waals surface area contributed by atoms with E-state index in [9.17, 15) is 0 Å². The fourth-order valence-corrected chi connectivity index (χ4v) is 3.63. The Labute approximate surface area is 197 Å². The van der Waals surface area contributed by atoms with Crippen molar-refractivity contribution < 1.29 is 4.42 Å². The van der Waals surface area contributed by atoms with Crippen molar-refractivity contribution >= 4 is 75.7 Å². The lowest BCUT2D eigenvalue weighted by Gasteiger charge is -2.13. The number of hydrogen-bond donors (Lipinski definition) is 1. The predicted molar refractivity (Wildman–Crippen MR) is 131 cm³/mol. The molecule has 0 bridgehead atoms. The minimum absolute atomic E-state index is 0. The molecule has 4 rings (SSSR count). The number of benzene rings is 2. The summed E-state index contributed by atoms with van der Waals surface area (Å²) in [6.45, 7) is 1.75. The molecule has 0 aliphatic rings. The van der Waals surface area contributed by atoms with Crippen LogP contribution in [0.5, 0.6) is 0 Å². The van der Waals surface area contributed by atoms with Crippen molar-refractivity contribution in [2.75, 3.05) is 32.5 Å². The second-order valence-electron chi connectivity index (χ2n) is 6.91. The third-order valence-electron chi connectivity index (χ3n) is 4.44. The molecule has 2 heterocycles. The van der Waals surface area contributed by atoms with E-state index in [-0.39, 0.29) is 24.8 Å². The fraction of sp³-hybridized carbons (Fsp3) is 0.238. The van der Waals surface area contributed by atoms with Crippen molar-refractivity contribution in [1.82, 2.24) is 14.9 Å². The molecule has 30 heavy (non-hydrogen) atoms. The van der Waals surface area contributed by atoms with E-state index in [1.165, 1.54) is 0 Å². The number of halogens is 4. The molecule has 0 radical (unpaired) electrons. The number of rotatable bonds is 6. The molecular formula is C21H22Cl4N4O. The number of nitrogens with one attached hydrogen (secondary N) is 1. The Morgan fingerprint density at radius 3 is 2.53 bits per heavy atom. The summed E-state index contributed by atoms with van der Waals surface area (Å²) < 4.78 is 5.95. The number of furan rings is 1. The van der Waals surface area contributed by atoms with Crippen LogP contribution >= 0.6 is 48.0 Å². The molecule has 5 nitrogen and oxygen atoms in total. The zero-order chi connectivity index (χ0) is 19.7. The Morgan fingerprint density at radius 1 is 1.03 bits per heavy atom. The first kappa shape index (κ1) is 24.5. The van der Waals surface area contributed by atoms with Gasteiger partial charge < -0.3 is 14.6 Å². The summed E-state index contributed by atoms with van der Waals surface area (Å²) in [5.41, 5.74) is 1.44. The van der Waals surface area contributed by atoms with Gasteiger partial charge in [-0.1, -0.05) is 41.4 Å². The van der Waals surface area contributed by atoms with Crippen LogP contribution in [-0.4, -0.2) is 42.1 Å². The van der Waals surface area contributed by atoms with E-state index >= 15 is 0 Å². The van der Waals surface area contributed by atoms with Crippen LogP contribution in [0.15, 0.2) is 46.9 Å². The quantitative estimate of drug-likeness (QED) is 0.312. The molecule has 0 spiro atoms. The number of hydrogen-bond acceptors (Lipinski definition) is 5. The highest BCUT2D eigenvalue weighted by Crippen LogP contribution is 2.34. The lowest BCUT2D eigenvalue weighted by atomic mass is 10.2. The maximum atomic E-state index is 6.44. The molecule has 0 unspecified atom stereocenters. The maximum Gasteiger partial charge on any atom is 0.198 e. The summed E-state index contributed by atoms with van der Waals surface area (Å²) in [5, 5.41) is 6.24. The van der Waals surface area contributed by atoms with Crippen LogP contribution in [0.3, 0.4) is 0 Å². The van der Waals surface area contributed by atoms with E-state index in [0.717, 1.165) is 35.9 Å². The van der Waals surface area contributed by atoms with E-state index in [4.69, 9.17) is 32.6 Å². The summed E-state index contributed by atoms with van der Waals surface area (Å²) in [6.07, 6.45) is 0.979. The van der Waals surface area contributed by atoms with Gasteiger partial charge in [0.1, 0.15) is 11.4 Å². The lowest BCUT2D eigenvalue weighted by Crippen LogP contribution is -2.17. The molecule has 0 aliphatic carbocycles. The Balaban J connectivity index is 0.00000160. The smallest absolute Gasteiger partial charge is 0.198 e. The molecule has 0 fully saturated rings. The van der Waals surface area contributed by atoms with Gasteiger partial charge in [-0.2, -0.15) is 0 Å². The van der Waals surface area contributed by atoms with Gasteiger partial charge in [0, 0.05) is 22.3 Å². The van der Waals surface area contributed by atoms with Crippen LogP contribution < -0.4 is 5.32 Å². The first-order chi connectivity index (χ1) is 13.5. The summed E-state index contributed by atoms with van der Waals surface area (Å²) in [6, 6.07) is 13.3. The number of aromatic nitrogens is 2. The molecule has 0 amide bonds. The van der Waals surface area contributed by atoms with Crippen molar-refractivity contribution in [1.29, 1.82) is 0 Å². The van der Waals surface area contributed by atoms with E-state index in [2.05, 4.69) is 29.3 Å². The van der Waals surface area contributed by atoms with Crippen molar-refractivity contribution in [3.05, 3.63) is 52.5 Å². The zero-order valence-corrected chi connectivity index (χ0v) is 19.6. The topological polar surface area (TPSA) is 54.2 Å². The summed E-state index contributed by atoms with van der Waals surface area (Å²) in [5.74, 6) is 1.79. The van der Waals surface area contributed by atoms with Gasteiger partial charge in [0.2, 0.25) is 0 Å². The Hall–Kier alpha value is -1.76. The van der Waals surface area contributed by atoms with Crippen molar-refractivity contribution in [3.8, 4) is 11.6 Å². The van der Waals surface area contributed by atoms with E-state index in [1.807, 2.05) is 36.4 Å². The molecule has 0 aliphatic heterocycles. The average molecular weight is 488 g/mol. The zero-order valence-electron chi connectivity index (χ0n) is 16.5. The molecule has 2 aromatic heterocycles. The molecule has 9 heteroatoms. The van der Waals surface area contributed by atoms with Gasteiger partial charge in [0.25, 0.3) is 0 Å². The lowest BCUT2D eigenvalue weighted by molar-refractivity contribution is 0.405. The van der Waals surface area contributed by atoms with Crippen LogP contribution in [0.4, 0.5) is 5.82 Å². The number of anilines is 1. The van der Waals surface area contributed by atoms with Crippen LogP contribution in [0.2, 0.25) is 10.0 Å². The van der Waals surface area contributed by atoms with Gasteiger partial charge in [0.15, 0.2) is 11.6 Å². The Bertz CT molecular complexity index is 1110. The van der Waals surface area contributed by atoms with E-state index in [0.29, 0.717) is 33.0 Å². The molecule has 0 atom stereocenters. The van der Waals surface area contributed by atoms with Crippen molar-refractivity contribution in [2.45, 2.75) is 6.42 Å². The molecular weight excluding hydrogens is 466 g/mol. The largest absolute Gasteiger partial charge is 0.453 e. The molecule has 1 N–H and O–H groups in total. The SMILES string of the molecule is CN(C)CCCNc1nc(-c2cc3ccccc3o2)nc2c(Cl)cc(Cl)cc12.Cl.Cl. The maximum absolute atomic E-state index is 6.44. The summed E-state index contributed by atoms with van der Waals surface area (Å²) >= 11 is 12.7. The van der Waals surface area contributed by atoms with E-state index < -0.39 is 0 Å². The van der Waals surface area contributed by atoms with Crippen molar-refractivity contribution in [2.24, 2.45) is 0 Å². The van der Waals surface area contributed by atoms with Crippen LogP contribution in [0.25, 0.3) is 33.5 Å². The minimum atomic E-state index is 0. The fourth-order valence-electron chi connectivity index (χ4n) is 3.10. The normalized spacial score (nSPS) is 10.8. The predicted octanol–water partition coefficient (Wildman–Crippen LogP) is 6.56. The summed E-state index contributed by atoms with van der Waals surface area (Å²) in [7, 11) is 4.11. The van der Waals surface area contributed by atoms with Gasteiger partial charge >= 0.3 is 0 Å². The monoisotopic (exact) mass is 486 g/mol. The third kappa shape index (κ3) is 5.29.